The predicted molar refractivity (Wildman–Crippen MR) is 86.9 cm³/mol. The molecule has 0 fully saturated rings. The molecule has 0 aliphatic heterocycles. The molecule has 4 heteroatoms. The van der Waals surface area contributed by atoms with Gasteiger partial charge in [-0.1, -0.05) is 30.3 Å². The molecule has 0 spiro atoms. The molecule has 0 atom stereocenters. The summed E-state index contributed by atoms with van der Waals surface area (Å²) in [4.78, 5) is 15.8. The van der Waals surface area contributed by atoms with Gasteiger partial charge in [0.25, 0.3) is 0 Å². The van der Waals surface area contributed by atoms with Gasteiger partial charge in [0.1, 0.15) is 0 Å². The summed E-state index contributed by atoms with van der Waals surface area (Å²) >= 11 is 0. The standard InChI is InChI=1S/C18H16N2O2/c1-22-18(21)14-8-6-13(7-9-14)11-19-16-10-15-4-2-3-5-17(15)20-12-16/h2-10,12,19H,11H2,1H3. The van der Waals surface area contributed by atoms with Crippen molar-refractivity contribution in [1.82, 2.24) is 4.98 Å². The number of esters is 1. The van der Waals surface area contributed by atoms with Crippen LogP contribution in [-0.2, 0) is 11.3 Å². The Labute approximate surface area is 128 Å². The number of hydrogen-bond acceptors (Lipinski definition) is 4. The van der Waals surface area contributed by atoms with Crippen LogP contribution in [0.2, 0.25) is 0 Å². The lowest BCUT2D eigenvalue weighted by atomic mass is 10.1. The summed E-state index contributed by atoms with van der Waals surface area (Å²) < 4.78 is 4.68. The van der Waals surface area contributed by atoms with Crippen molar-refractivity contribution in [2.24, 2.45) is 0 Å². The lowest BCUT2D eigenvalue weighted by Gasteiger charge is -2.08. The number of fused-ring (bicyclic) bond motifs is 1. The molecule has 0 aliphatic rings. The second kappa shape index (κ2) is 6.26. The SMILES string of the molecule is COC(=O)c1ccc(CNc2cnc3ccccc3c2)cc1. The van der Waals surface area contributed by atoms with Gasteiger partial charge < -0.3 is 10.1 Å². The minimum absolute atomic E-state index is 0.321. The molecule has 110 valence electrons. The predicted octanol–water partition coefficient (Wildman–Crippen LogP) is 3.63. The first kappa shape index (κ1) is 14.1. The highest BCUT2D eigenvalue weighted by Gasteiger charge is 2.04. The van der Waals surface area contributed by atoms with E-state index in [-0.39, 0.29) is 5.97 Å². The quantitative estimate of drug-likeness (QED) is 0.746. The molecule has 0 saturated heterocycles. The van der Waals surface area contributed by atoms with Gasteiger partial charge in [-0.15, -0.1) is 0 Å². The van der Waals surface area contributed by atoms with Crippen molar-refractivity contribution in [2.45, 2.75) is 6.54 Å². The topological polar surface area (TPSA) is 51.2 Å². The van der Waals surface area contributed by atoms with E-state index in [0.29, 0.717) is 12.1 Å². The van der Waals surface area contributed by atoms with Crippen LogP contribution in [0.15, 0.2) is 60.8 Å². The highest BCUT2D eigenvalue weighted by atomic mass is 16.5. The van der Waals surface area contributed by atoms with Crippen LogP contribution in [0.3, 0.4) is 0 Å². The lowest BCUT2D eigenvalue weighted by Crippen LogP contribution is -2.03. The van der Waals surface area contributed by atoms with Crippen molar-refractivity contribution in [3.63, 3.8) is 0 Å². The molecule has 0 amide bonds. The van der Waals surface area contributed by atoms with Gasteiger partial charge in [0.2, 0.25) is 0 Å². The Morgan fingerprint density at radius 1 is 1.14 bits per heavy atom. The van der Waals surface area contributed by atoms with E-state index in [0.717, 1.165) is 22.2 Å². The maximum atomic E-state index is 11.4. The van der Waals surface area contributed by atoms with Crippen LogP contribution in [0.4, 0.5) is 5.69 Å². The molecule has 22 heavy (non-hydrogen) atoms. The van der Waals surface area contributed by atoms with E-state index in [4.69, 9.17) is 0 Å². The van der Waals surface area contributed by atoms with Crippen LogP contribution < -0.4 is 5.32 Å². The van der Waals surface area contributed by atoms with Crippen LogP contribution in [0.25, 0.3) is 10.9 Å². The maximum absolute atomic E-state index is 11.4. The van der Waals surface area contributed by atoms with Gasteiger partial charge in [-0.2, -0.15) is 0 Å². The Kier molecular flexibility index (Phi) is 4.01. The average molecular weight is 292 g/mol. The number of ether oxygens (including phenoxy) is 1. The van der Waals surface area contributed by atoms with Crippen molar-refractivity contribution in [3.05, 3.63) is 71.9 Å². The Bertz CT molecular complexity index is 798. The van der Waals surface area contributed by atoms with E-state index in [1.165, 1.54) is 7.11 Å². The normalized spacial score (nSPS) is 10.4. The third-order valence-electron chi connectivity index (χ3n) is 3.46. The van der Waals surface area contributed by atoms with Gasteiger partial charge >= 0.3 is 5.97 Å². The molecular formula is C18H16N2O2. The number of benzene rings is 2. The van der Waals surface area contributed by atoms with E-state index < -0.39 is 0 Å². The van der Waals surface area contributed by atoms with Crippen molar-refractivity contribution in [1.29, 1.82) is 0 Å². The molecule has 1 heterocycles. The van der Waals surface area contributed by atoms with E-state index in [1.54, 1.807) is 12.1 Å². The van der Waals surface area contributed by atoms with Gasteiger partial charge in [-0.05, 0) is 29.8 Å². The first-order valence-electron chi connectivity index (χ1n) is 7.02. The summed E-state index contributed by atoms with van der Waals surface area (Å²) in [5.41, 5.74) is 3.59. The highest BCUT2D eigenvalue weighted by Crippen LogP contribution is 2.17. The van der Waals surface area contributed by atoms with Crippen LogP contribution in [-0.4, -0.2) is 18.1 Å². The van der Waals surface area contributed by atoms with Gasteiger partial charge in [0.15, 0.2) is 0 Å². The smallest absolute Gasteiger partial charge is 0.337 e. The maximum Gasteiger partial charge on any atom is 0.337 e. The molecule has 0 bridgehead atoms. The summed E-state index contributed by atoms with van der Waals surface area (Å²) in [6.07, 6.45) is 1.82. The van der Waals surface area contributed by atoms with Crippen LogP contribution in [0, 0.1) is 0 Å². The summed E-state index contributed by atoms with van der Waals surface area (Å²) in [5.74, 6) is -0.321. The zero-order valence-electron chi connectivity index (χ0n) is 12.2. The fourth-order valence-corrected chi connectivity index (χ4v) is 2.25. The number of pyridine rings is 1. The molecule has 0 radical (unpaired) electrons. The summed E-state index contributed by atoms with van der Waals surface area (Å²) in [6, 6.07) is 17.4. The lowest BCUT2D eigenvalue weighted by molar-refractivity contribution is 0.0600. The van der Waals surface area contributed by atoms with Crippen LogP contribution in [0.5, 0.6) is 0 Å². The fourth-order valence-electron chi connectivity index (χ4n) is 2.25. The number of rotatable bonds is 4. The number of aromatic nitrogens is 1. The summed E-state index contributed by atoms with van der Waals surface area (Å²) in [7, 11) is 1.38. The van der Waals surface area contributed by atoms with Gasteiger partial charge in [0, 0.05) is 11.9 Å². The van der Waals surface area contributed by atoms with E-state index in [1.807, 2.05) is 42.6 Å². The largest absolute Gasteiger partial charge is 0.465 e. The number of carbonyl (C=O) groups excluding carboxylic acids is 1. The van der Waals surface area contributed by atoms with Crippen LogP contribution >= 0.6 is 0 Å². The fraction of sp³-hybridized carbons (Fsp3) is 0.111. The number of nitrogens with zero attached hydrogens (tertiary/aromatic N) is 1. The molecule has 0 aliphatic carbocycles. The van der Waals surface area contributed by atoms with Crippen molar-refractivity contribution < 1.29 is 9.53 Å². The van der Waals surface area contributed by atoms with Gasteiger partial charge in [-0.25, -0.2) is 4.79 Å². The number of methoxy groups -OCH3 is 1. The second-order valence-corrected chi connectivity index (χ2v) is 4.96. The van der Waals surface area contributed by atoms with Crippen molar-refractivity contribution in [3.8, 4) is 0 Å². The van der Waals surface area contributed by atoms with Crippen molar-refractivity contribution >= 4 is 22.6 Å². The Hall–Kier alpha value is -2.88. The molecule has 3 aromatic rings. The average Bonchev–Trinajstić information content (AvgIpc) is 2.59. The van der Waals surface area contributed by atoms with Gasteiger partial charge in [-0.3, -0.25) is 4.98 Å². The third-order valence-corrected chi connectivity index (χ3v) is 3.46. The molecule has 0 saturated carbocycles. The molecule has 2 aromatic carbocycles. The van der Waals surface area contributed by atoms with E-state index in [2.05, 4.69) is 21.1 Å². The molecule has 1 N–H and O–H groups in total. The third kappa shape index (κ3) is 3.06. The van der Waals surface area contributed by atoms with Gasteiger partial charge in [0.05, 0.1) is 30.1 Å². The monoisotopic (exact) mass is 292 g/mol. The number of anilines is 1. The highest BCUT2D eigenvalue weighted by molar-refractivity contribution is 5.89. The zero-order chi connectivity index (χ0) is 15.4. The Balaban J connectivity index is 1.69. The molecule has 3 rings (SSSR count). The Morgan fingerprint density at radius 2 is 1.91 bits per heavy atom. The molecule has 1 aromatic heterocycles. The molecular weight excluding hydrogens is 276 g/mol. The second-order valence-electron chi connectivity index (χ2n) is 4.96. The minimum atomic E-state index is -0.321. The first-order chi connectivity index (χ1) is 10.8. The number of hydrogen-bond donors (Lipinski definition) is 1. The molecule has 0 unspecified atom stereocenters. The number of nitrogens with one attached hydrogen (secondary N) is 1. The molecule has 4 nitrogen and oxygen atoms in total. The zero-order valence-corrected chi connectivity index (χ0v) is 12.2. The Morgan fingerprint density at radius 3 is 2.68 bits per heavy atom. The number of para-hydroxylation sites is 1. The summed E-state index contributed by atoms with van der Waals surface area (Å²) in [5, 5.41) is 4.44. The van der Waals surface area contributed by atoms with E-state index in [9.17, 15) is 4.79 Å². The first-order valence-corrected chi connectivity index (χ1v) is 7.02. The van der Waals surface area contributed by atoms with Crippen LogP contribution in [0.1, 0.15) is 15.9 Å². The van der Waals surface area contributed by atoms with E-state index >= 15 is 0 Å². The van der Waals surface area contributed by atoms with Crippen molar-refractivity contribution in [2.75, 3.05) is 12.4 Å². The minimum Gasteiger partial charge on any atom is -0.465 e. The number of carbonyl (C=O) groups is 1. The summed E-state index contributed by atoms with van der Waals surface area (Å²) in [6.45, 7) is 0.668.